The van der Waals surface area contributed by atoms with Gasteiger partial charge in [-0.15, -0.1) is 11.3 Å². The van der Waals surface area contributed by atoms with Crippen LogP contribution in [-0.4, -0.2) is 36.2 Å². The fraction of sp³-hybridized carbons (Fsp3) is 0.462. The molecule has 5 heteroatoms. The van der Waals surface area contributed by atoms with E-state index in [1.807, 2.05) is 18.4 Å². The first-order valence-corrected chi connectivity index (χ1v) is 6.71. The fourth-order valence-electron chi connectivity index (χ4n) is 1.34. The highest BCUT2D eigenvalue weighted by Crippen LogP contribution is 2.15. The van der Waals surface area contributed by atoms with E-state index in [2.05, 4.69) is 17.2 Å². The first-order valence-electron chi connectivity index (χ1n) is 5.83. The molecule has 0 aliphatic heterocycles. The zero-order valence-electron chi connectivity index (χ0n) is 10.7. The summed E-state index contributed by atoms with van der Waals surface area (Å²) in [6.45, 7) is 3.15. The van der Waals surface area contributed by atoms with Gasteiger partial charge in [-0.05, 0) is 12.5 Å². The van der Waals surface area contributed by atoms with Crippen LogP contribution in [0.3, 0.4) is 0 Å². The summed E-state index contributed by atoms with van der Waals surface area (Å²) in [7, 11) is 1.77. The molecule has 1 heterocycles. The highest BCUT2D eigenvalue weighted by atomic mass is 32.1. The van der Waals surface area contributed by atoms with Gasteiger partial charge >= 0.3 is 6.03 Å². The monoisotopic (exact) mass is 266 g/mol. The number of urea groups is 1. The van der Waals surface area contributed by atoms with Gasteiger partial charge in [0.15, 0.2) is 0 Å². The largest absolute Gasteiger partial charge is 0.384 e. The molecule has 2 N–H and O–H groups in total. The fourth-order valence-corrected chi connectivity index (χ4v) is 2.21. The molecule has 0 aliphatic carbocycles. The van der Waals surface area contributed by atoms with Crippen molar-refractivity contribution in [3.63, 3.8) is 0 Å². The van der Waals surface area contributed by atoms with Crippen molar-refractivity contribution in [3.8, 4) is 11.8 Å². The van der Waals surface area contributed by atoms with Gasteiger partial charge in [-0.25, -0.2) is 4.79 Å². The van der Waals surface area contributed by atoms with Gasteiger partial charge in [0.2, 0.25) is 0 Å². The molecule has 18 heavy (non-hydrogen) atoms. The van der Waals surface area contributed by atoms with Gasteiger partial charge in [0.25, 0.3) is 0 Å². The van der Waals surface area contributed by atoms with Crippen LogP contribution in [0.4, 0.5) is 4.79 Å². The Hall–Kier alpha value is -1.51. The van der Waals surface area contributed by atoms with E-state index >= 15 is 0 Å². The lowest BCUT2D eigenvalue weighted by Gasteiger charge is -2.16. The van der Waals surface area contributed by atoms with Crippen molar-refractivity contribution in [1.82, 2.24) is 10.2 Å². The number of hydrogen-bond donors (Lipinski definition) is 2. The quantitative estimate of drug-likeness (QED) is 0.814. The van der Waals surface area contributed by atoms with Gasteiger partial charge in [0.05, 0.1) is 6.54 Å². The maximum atomic E-state index is 11.6. The summed E-state index contributed by atoms with van der Waals surface area (Å²) in [5.74, 6) is 5.44. The average molecular weight is 266 g/mol. The van der Waals surface area contributed by atoms with Crippen LogP contribution in [0.15, 0.2) is 11.4 Å². The van der Waals surface area contributed by atoms with Gasteiger partial charge in [0, 0.05) is 29.4 Å². The Balaban J connectivity index is 2.51. The molecule has 0 aliphatic rings. The molecule has 1 rings (SSSR count). The standard InChI is InChI=1S/C13H18N2O2S/c1-3-6-14-13(17)15(2)9-12-8-11(10-18-12)5-4-7-16/h8,10,16H,3,6-7,9H2,1-2H3,(H,14,17). The van der Waals surface area contributed by atoms with E-state index in [0.29, 0.717) is 13.1 Å². The molecular weight excluding hydrogens is 248 g/mol. The van der Waals surface area contributed by atoms with E-state index in [4.69, 9.17) is 5.11 Å². The zero-order valence-corrected chi connectivity index (χ0v) is 11.5. The second kappa shape index (κ2) is 7.75. The van der Waals surface area contributed by atoms with Gasteiger partial charge in [0.1, 0.15) is 6.61 Å². The number of nitrogens with zero attached hydrogens (tertiary/aromatic N) is 1. The van der Waals surface area contributed by atoms with Crippen LogP contribution in [0.2, 0.25) is 0 Å². The molecule has 0 fully saturated rings. The van der Waals surface area contributed by atoms with Crippen LogP contribution in [0.1, 0.15) is 23.8 Å². The van der Waals surface area contributed by atoms with E-state index in [0.717, 1.165) is 16.9 Å². The third-order valence-corrected chi connectivity index (χ3v) is 3.15. The maximum absolute atomic E-state index is 11.6. The first kappa shape index (κ1) is 14.6. The number of aliphatic hydroxyl groups excluding tert-OH is 1. The van der Waals surface area contributed by atoms with Crippen LogP contribution < -0.4 is 5.32 Å². The summed E-state index contributed by atoms with van der Waals surface area (Å²) < 4.78 is 0. The van der Waals surface area contributed by atoms with E-state index in [1.165, 1.54) is 0 Å². The average Bonchev–Trinajstić information content (AvgIpc) is 2.80. The summed E-state index contributed by atoms with van der Waals surface area (Å²) in [6, 6.07) is 1.88. The van der Waals surface area contributed by atoms with Crippen molar-refractivity contribution < 1.29 is 9.90 Å². The minimum atomic E-state index is -0.134. The van der Waals surface area contributed by atoms with Crippen molar-refractivity contribution in [3.05, 3.63) is 21.9 Å². The Bertz CT molecular complexity index is 445. The molecule has 0 atom stereocenters. The zero-order chi connectivity index (χ0) is 13.4. The summed E-state index contributed by atoms with van der Waals surface area (Å²) in [4.78, 5) is 14.4. The Morgan fingerprint density at radius 2 is 2.39 bits per heavy atom. The Morgan fingerprint density at radius 3 is 3.06 bits per heavy atom. The molecule has 1 aromatic rings. The van der Waals surface area contributed by atoms with Crippen molar-refractivity contribution in [2.24, 2.45) is 0 Å². The van der Waals surface area contributed by atoms with Crippen LogP contribution in [0, 0.1) is 11.8 Å². The number of hydrogen-bond acceptors (Lipinski definition) is 3. The van der Waals surface area contributed by atoms with Crippen molar-refractivity contribution >= 4 is 17.4 Å². The number of rotatable bonds is 4. The lowest BCUT2D eigenvalue weighted by atomic mass is 10.3. The van der Waals surface area contributed by atoms with E-state index < -0.39 is 0 Å². The van der Waals surface area contributed by atoms with Gasteiger partial charge < -0.3 is 15.3 Å². The first-order chi connectivity index (χ1) is 8.67. The molecule has 2 amide bonds. The Kier molecular flexibility index (Phi) is 6.26. The molecule has 0 unspecified atom stereocenters. The summed E-state index contributed by atoms with van der Waals surface area (Å²) in [6.07, 6.45) is 0.930. The number of aliphatic hydroxyl groups is 1. The normalized spacial score (nSPS) is 9.50. The molecule has 0 saturated heterocycles. The molecule has 1 aromatic heterocycles. The summed E-state index contributed by atoms with van der Waals surface area (Å²) in [5, 5.41) is 13.4. The predicted molar refractivity (Wildman–Crippen MR) is 73.4 cm³/mol. The minimum Gasteiger partial charge on any atom is -0.384 e. The van der Waals surface area contributed by atoms with E-state index in [-0.39, 0.29) is 12.6 Å². The molecular formula is C13H18N2O2S. The smallest absolute Gasteiger partial charge is 0.317 e. The molecule has 98 valence electrons. The van der Waals surface area contributed by atoms with Crippen LogP contribution in [0.25, 0.3) is 0 Å². The highest BCUT2D eigenvalue weighted by molar-refractivity contribution is 7.10. The third-order valence-electron chi connectivity index (χ3n) is 2.23. The van der Waals surface area contributed by atoms with E-state index in [1.54, 1.807) is 23.3 Å². The SMILES string of the molecule is CCCNC(=O)N(C)Cc1cc(C#CCO)cs1. The highest BCUT2D eigenvalue weighted by Gasteiger charge is 2.09. The topological polar surface area (TPSA) is 52.6 Å². The van der Waals surface area contributed by atoms with Crippen molar-refractivity contribution in [2.45, 2.75) is 19.9 Å². The van der Waals surface area contributed by atoms with Crippen LogP contribution in [0.5, 0.6) is 0 Å². The van der Waals surface area contributed by atoms with Crippen LogP contribution in [-0.2, 0) is 6.54 Å². The lowest BCUT2D eigenvalue weighted by Crippen LogP contribution is -2.36. The molecule has 0 aromatic carbocycles. The number of carbonyl (C=O) groups is 1. The third kappa shape index (κ3) is 4.78. The number of carbonyl (C=O) groups excluding carboxylic acids is 1. The molecule has 0 spiro atoms. The Morgan fingerprint density at radius 1 is 1.61 bits per heavy atom. The van der Waals surface area contributed by atoms with Gasteiger partial charge in [-0.1, -0.05) is 18.8 Å². The predicted octanol–water partition coefficient (Wildman–Crippen LogP) is 1.64. The molecule has 4 nitrogen and oxygen atoms in total. The molecule has 0 radical (unpaired) electrons. The van der Waals surface area contributed by atoms with Crippen molar-refractivity contribution in [1.29, 1.82) is 0 Å². The second-order valence-corrected chi connectivity index (χ2v) is 4.85. The summed E-state index contributed by atoms with van der Waals surface area (Å²) >= 11 is 1.56. The Labute approximate surface area is 112 Å². The molecule has 0 bridgehead atoms. The lowest BCUT2D eigenvalue weighted by molar-refractivity contribution is 0.207. The van der Waals surface area contributed by atoms with E-state index in [9.17, 15) is 4.79 Å². The summed E-state index contributed by atoms with van der Waals surface area (Å²) in [5.41, 5.74) is 0.881. The van der Waals surface area contributed by atoms with Crippen molar-refractivity contribution in [2.75, 3.05) is 20.2 Å². The van der Waals surface area contributed by atoms with Crippen LogP contribution >= 0.6 is 11.3 Å². The minimum absolute atomic E-state index is 0.0618. The number of nitrogens with one attached hydrogen (secondary N) is 1. The van der Waals surface area contributed by atoms with Gasteiger partial charge in [-0.2, -0.15) is 0 Å². The van der Waals surface area contributed by atoms with Gasteiger partial charge in [-0.3, -0.25) is 0 Å². The number of amides is 2. The maximum Gasteiger partial charge on any atom is 0.317 e. The second-order valence-electron chi connectivity index (χ2n) is 3.85. The number of thiophene rings is 1. The molecule has 0 saturated carbocycles.